The molecule has 0 amide bonds. The molecule has 1 unspecified atom stereocenters. The first-order valence-corrected chi connectivity index (χ1v) is 8.61. The molecule has 2 heterocycles. The van der Waals surface area contributed by atoms with Gasteiger partial charge in [-0.1, -0.05) is 28.1 Å². The van der Waals surface area contributed by atoms with E-state index in [1.165, 1.54) is 10.4 Å². The molecule has 106 valence electrons. The van der Waals surface area contributed by atoms with E-state index in [1.807, 2.05) is 35.6 Å². The van der Waals surface area contributed by atoms with E-state index >= 15 is 0 Å². The highest BCUT2D eigenvalue weighted by Gasteiger charge is 2.18. The van der Waals surface area contributed by atoms with Crippen LogP contribution in [0.5, 0.6) is 0 Å². The first-order chi connectivity index (χ1) is 9.72. The Kier molecular flexibility index (Phi) is 4.56. The van der Waals surface area contributed by atoms with Crippen molar-refractivity contribution in [2.75, 3.05) is 13.1 Å². The van der Waals surface area contributed by atoms with E-state index in [0.29, 0.717) is 0 Å². The molecule has 20 heavy (non-hydrogen) atoms. The van der Waals surface area contributed by atoms with Gasteiger partial charge >= 0.3 is 0 Å². The van der Waals surface area contributed by atoms with Crippen LogP contribution >= 0.6 is 27.3 Å². The van der Waals surface area contributed by atoms with E-state index in [2.05, 4.69) is 32.3 Å². The standard InChI is InChI=1S/C16H18BrNOS/c17-14-3-1-12(2-4-14)15(19)5-8-18-9-6-16-13(11-18)7-10-20-16/h1-4,7,10,15,19H,5-6,8-9,11H2. The van der Waals surface area contributed by atoms with Crippen molar-refractivity contribution in [3.05, 3.63) is 56.2 Å². The van der Waals surface area contributed by atoms with Crippen molar-refractivity contribution in [2.24, 2.45) is 0 Å². The zero-order valence-electron chi connectivity index (χ0n) is 11.3. The van der Waals surface area contributed by atoms with E-state index in [0.717, 1.165) is 42.5 Å². The fourth-order valence-corrected chi connectivity index (χ4v) is 3.81. The molecule has 0 bridgehead atoms. The molecule has 2 aromatic rings. The minimum absolute atomic E-state index is 0.369. The summed E-state index contributed by atoms with van der Waals surface area (Å²) < 4.78 is 1.05. The zero-order valence-corrected chi connectivity index (χ0v) is 13.7. The fraction of sp³-hybridized carbons (Fsp3) is 0.375. The third-order valence-electron chi connectivity index (χ3n) is 3.86. The van der Waals surface area contributed by atoms with E-state index in [4.69, 9.17) is 0 Å². The van der Waals surface area contributed by atoms with Crippen molar-refractivity contribution in [3.8, 4) is 0 Å². The van der Waals surface area contributed by atoms with Gasteiger partial charge in [0.25, 0.3) is 0 Å². The number of hydrogen-bond acceptors (Lipinski definition) is 3. The molecule has 1 atom stereocenters. The second-order valence-electron chi connectivity index (χ2n) is 5.25. The SMILES string of the molecule is OC(CCN1CCc2sccc2C1)c1ccc(Br)cc1. The van der Waals surface area contributed by atoms with Gasteiger partial charge in [-0.15, -0.1) is 11.3 Å². The van der Waals surface area contributed by atoms with Crippen LogP contribution in [0.1, 0.15) is 28.5 Å². The largest absolute Gasteiger partial charge is 0.388 e. The molecule has 2 nitrogen and oxygen atoms in total. The van der Waals surface area contributed by atoms with Crippen molar-refractivity contribution in [2.45, 2.75) is 25.5 Å². The number of nitrogens with zero attached hydrogens (tertiary/aromatic N) is 1. The minimum Gasteiger partial charge on any atom is -0.388 e. The monoisotopic (exact) mass is 351 g/mol. The normalized spacial score (nSPS) is 16.9. The lowest BCUT2D eigenvalue weighted by Gasteiger charge is -2.27. The summed E-state index contributed by atoms with van der Waals surface area (Å²) in [7, 11) is 0. The Hall–Kier alpha value is -0.680. The lowest BCUT2D eigenvalue weighted by molar-refractivity contribution is 0.137. The molecule has 3 rings (SSSR count). The Morgan fingerprint density at radius 2 is 2.05 bits per heavy atom. The summed E-state index contributed by atoms with van der Waals surface area (Å²) in [6.45, 7) is 3.10. The molecule has 1 N–H and O–H groups in total. The fourth-order valence-electron chi connectivity index (χ4n) is 2.65. The van der Waals surface area contributed by atoms with Gasteiger partial charge in [-0.05, 0) is 47.5 Å². The molecular weight excluding hydrogens is 334 g/mol. The van der Waals surface area contributed by atoms with Gasteiger partial charge in [0.2, 0.25) is 0 Å². The smallest absolute Gasteiger partial charge is 0.0802 e. The van der Waals surface area contributed by atoms with Gasteiger partial charge in [0.15, 0.2) is 0 Å². The summed E-state index contributed by atoms with van der Waals surface area (Å²) in [6, 6.07) is 10.2. The molecule has 0 saturated heterocycles. The van der Waals surface area contributed by atoms with Crippen LogP contribution in [0.4, 0.5) is 0 Å². The Morgan fingerprint density at radius 3 is 2.85 bits per heavy atom. The van der Waals surface area contributed by atoms with Crippen molar-refractivity contribution in [3.63, 3.8) is 0 Å². The Balaban J connectivity index is 1.54. The average Bonchev–Trinajstić information content (AvgIpc) is 2.93. The minimum atomic E-state index is -0.369. The van der Waals surface area contributed by atoms with Crippen LogP contribution in [-0.4, -0.2) is 23.1 Å². The van der Waals surface area contributed by atoms with E-state index in [-0.39, 0.29) is 6.10 Å². The van der Waals surface area contributed by atoms with E-state index in [1.54, 1.807) is 0 Å². The predicted molar refractivity (Wildman–Crippen MR) is 87.0 cm³/mol. The van der Waals surface area contributed by atoms with Crippen molar-refractivity contribution >= 4 is 27.3 Å². The number of benzene rings is 1. The highest BCUT2D eigenvalue weighted by atomic mass is 79.9. The molecule has 1 aromatic heterocycles. The molecule has 1 aliphatic rings. The molecule has 1 aliphatic heterocycles. The predicted octanol–water partition coefficient (Wildman–Crippen LogP) is 3.99. The second-order valence-corrected chi connectivity index (χ2v) is 7.17. The summed E-state index contributed by atoms with van der Waals surface area (Å²) in [5.74, 6) is 0. The number of halogens is 1. The maximum atomic E-state index is 10.3. The first kappa shape index (κ1) is 14.3. The van der Waals surface area contributed by atoms with Crippen LogP contribution in [0.15, 0.2) is 40.2 Å². The van der Waals surface area contributed by atoms with Gasteiger partial charge in [-0.2, -0.15) is 0 Å². The molecule has 4 heteroatoms. The number of hydrogen-bond donors (Lipinski definition) is 1. The number of rotatable bonds is 4. The van der Waals surface area contributed by atoms with Crippen molar-refractivity contribution in [1.82, 2.24) is 4.90 Å². The van der Waals surface area contributed by atoms with Gasteiger partial charge < -0.3 is 5.11 Å². The Morgan fingerprint density at radius 1 is 1.25 bits per heavy atom. The van der Waals surface area contributed by atoms with Crippen LogP contribution in [-0.2, 0) is 13.0 Å². The molecular formula is C16H18BrNOS. The maximum Gasteiger partial charge on any atom is 0.0802 e. The molecule has 1 aromatic carbocycles. The first-order valence-electron chi connectivity index (χ1n) is 6.93. The van der Waals surface area contributed by atoms with Gasteiger partial charge in [-0.25, -0.2) is 0 Å². The molecule has 0 radical (unpaired) electrons. The molecule has 0 aliphatic carbocycles. The molecule has 0 spiro atoms. The van der Waals surface area contributed by atoms with Gasteiger partial charge in [-0.3, -0.25) is 4.90 Å². The highest BCUT2D eigenvalue weighted by Crippen LogP contribution is 2.25. The summed E-state index contributed by atoms with van der Waals surface area (Å²) in [4.78, 5) is 3.98. The summed E-state index contributed by atoms with van der Waals surface area (Å²) in [5, 5.41) is 12.4. The van der Waals surface area contributed by atoms with Gasteiger partial charge in [0, 0.05) is 29.0 Å². The number of aliphatic hydroxyl groups is 1. The zero-order chi connectivity index (χ0) is 13.9. The van der Waals surface area contributed by atoms with Crippen molar-refractivity contribution < 1.29 is 5.11 Å². The van der Waals surface area contributed by atoms with Gasteiger partial charge in [0.1, 0.15) is 0 Å². The summed E-state index contributed by atoms with van der Waals surface area (Å²) in [6.07, 6.45) is 1.58. The van der Waals surface area contributed by atoms with Crippen molar-refractivity contribution in [1.29, 1.82) is 0 Å². The number of fused-ring (bicyclic) bond motifs is 1. The van der Waals surface area contributed by atoms with Gasteiger partial charge in [0.05, 0.1) is 6.10 Å². The average molecular weight is 352 g/mol. The van der Waals surface area contributed by atoms with E-state index in [9.17, 15) is 5.11 Å². The Labute approximate surface area is 132 Å². The molecule has 0 saturated carbocycles. The third-order valence-corrected chi connectivity index (χ3v) is 5.41. The van der Waals surface area contributed by atoms with Crippen LogP contribution in [0.3, 0.4) is 0 Å². The maximum absolute atomic E-state index is 10.3. The number of thiophene rings is 1. The highest BCUT2D eigenvalue weighted by molar-refractivity contribution is 9.10. The van der Waals surface area contributed by atoms with Crippen LogP contribution < -0.4 is 0 Å². The number of aliphatic hydroxyl groups excluding tert-OH is 1. The lowest BCUT2D eigenvalue weighted by atomic mass is 10.1. The van der Waals surface area contributed by atoms with E-state index < -0.39 is 0 Å². The molecule has 0 fully saturated rings. The Bertz CT molecular complexity index is 566. The lowest BCUT2D eigenvalue weighted by Crippen LogP contribution is -2.31. The summed E-state index contributed by atoms with van der Waals surface area (Å²) in [5.41, 5.74) is 2.47. The van der Waals surface area contributed by atoms with Crippen LogP contribution in [0, 0.1) is 0 Å². The third kappa shape index (κ3) is 3.31. The van der Waals surface area contributed by atoms with Crippen LogP contribution in [0.25, 0.3) is 0 Å². The topological polar surface area (TPSA) is 23.5 Å². The van der Waals surface area contributed by atoms with Crippen LogP contribution in [0.2, 0.25) is 0 Å². The second kappa shape index (κ2) is 6.39. The quantitative estimate of drug-likeness (QED) is 0.899. The summed E-state index contributed by atoms with van der Waals surface area (Å²) >= 11 is 5.29.